The van der Waals surface area contributed by atoms with Crippen molar-refractivity contribution >= 4 is 0 Å². The fourth-order valence-electron chi connectivity index (χ4n) is 1.96. The van der Waals surface area contributed by atoms with E-state index in [1.807, 2.05) is 0 Å². The Morgan fingerprint density at radius 2 is 1.47 bits per heavy atom. The number of rotatable bonds is 4. The number of halogens is 2. The smallest absolute Gasteiger partial charge is 0.275 e. The lowest BCUT2D eigenvalue weighted by Crippen LogP contribution is -2.35. The molecule has 2 nitrogen and oxygen atoms in total. The van der Waals surface area contributed by atoms with E-state index < -0.39 is 12.0 Å². The normalized spacial score (nSPS) is 14.2. The van der Waals surface area contributed by atoms with Gasteiger partial charge in [0.05, 0.1) is 7.11 Å². The molecule has 2 aromatic carbocycles. The SMILES string of the molecule is COc1ccc(C(O)(c2ccccc2)C(F)F)cc1. The van der Waals surface area contributed by atoms with Crippen molar-refractivity contribution < 1.29 is 18.6 Å². The van der Waals surface area contributed by atoms with Gasteiger partial charge in [-0.2, -0.15) is 0 Å². The Morgan fingerprint density at radius 1 is 0.947 bits per heavy atom. The number of alkyl halides is 2. The van der Waals surface area contributed by atoms with Gasteiger partial charge in [0.1, 0.15) is 5.75 Å². The van der Waals surface area contributed by atoms with Crippen molar-refractivity contribution in [2.24, 2.45) is 0 Å². The average molecular weight is 264 g/mol. The van der Waals surface area contributed by atoms with E-state index in [-0.39, 0.29) is 11.1 Å². The summed E-state index contributed by atoms with van der Waals surface area (Å²) in [4.78, 5) is 0. The maximum absolute atomic E-state index is 13.4. The second kappa shape index (κ2) is 5.36. The van der Waals surface area contributed by atoms with Crippen LogP contribution in [-0.4, -0.2) is 18.6 Å². The van der Waals surface area contributed by atoms with Gasteiger partial charge in [-0.3, -0.25) is 0 Å². The summed E-state index contributed by atoms with van der Waals surface area (Å²) in [5, 5.41) is 10.4. The molecule has 0 spiro atoms. The maximum Gasteiger partial charge on any atom is 0.275 e. The molecule has 19 heavy (non-hydrogen) atoms. The molecule has 0 aliphatic rings. The van der Waals surface area contributed by atoms with Gasteiger partial charge in [0.15, 0.2) is 5.60 Å². The Morgan fingerprint density at radius 3 is 1.95 bits per heavy atom. The Balaban J connectivity index is 2.50. The second-order valence-electron chi connectivity index (χ2n) is 4.16. The van der Waals surface area contributed by atoms with Gasteiger partial charge < -0.3 is 9.84 Å². The molecule has 0 amide bonds. The summed E-state index contributed by atoms with van der Waals surface area (Å²) >= 11 is 0. The molecule has 0 saturated carbocycles. The van der Waals surface area contributed by atoms with E-state index in [1.54, 1.807) is 30.3 Å². The topological polar surface area (TPSA) is 29.5 Å². The third-order valence-electron chi connectivity index (χ3n) is 3.06. The first-order valence-electron chi connectivity index (χ1n) is 5.79. The zero-order valence-corrected chi connectivity index (χ0v) is 10.4. The second-order valence-corrected chi connectivity index (χ2v) is 4.16. The predicted molar refractivity (Wildman–Crippen MR) is 68.4 cm³/mol. The highest BCUT2D eigenvalue weighted by molar-refractivity contribution is 5.39. The highest BCUT2D eigenvalue weighted by Gasteiger charge is 2.41. The minimum Gasteiger partial charge on any atom is -0.497 e. The standard InChI is InChI=1S/C15H14F2O2/c1-19-13-9-7-12(8-10-13)15(18,14(16)17)11-5-3-2-4-6-11/h2-10,14,18H,1H3. The summed E-state index contributed by atoms with van der Waals surface area (Å²) in [7, 11) is 1.49. The van der Waals surface area contributed by atoms with Gasteiger partial charge in [-0.05, 0) is 23.3 Å². The third-order valence-corrected chi connectivity index (χ3v) is 3.06. The molecule has 2 rings (SSSR count). The van der Waals surface area contributed by atoms with Crippen LogP contribution >= 0.6 is 0 Å². The van der Waals surface area contributed by atoms with Crippen LogP contribution in [0.25, 0.3) is 0 Å². The number of aliphatic hydroxyl groups is 1. The van der Waals surface area contributed by atoms with Gasteiger partial charge in [0, 0.05) is 0 Å². The summed E-state index contributed by atoms with van der Waals surface area (Å²) < 4.78 is 31.7. The molecule has 0 aliphatic heterocycles. The first-order valence-corrected chi connectivity index (χ1v) is 5.79. The summed E-state index contributed by atoms with van der Waals surface area (Å²) in [5.74, 6) is 0.549. The summed E-state index contributed by atoms with van der Waals surface area (Å²) in [6.45, 7) is 0. The molecule has 0 aliphatic carbocycles. The molecule has 0 heterocycles. The Hall–Kier alpha value is -1.94. The largest absolute Gasteiger partial charge is 0.497 e. The molecule has 0 saturated heterocycles. The van der Waals surface area contributed by atoms with Crippen molar-refractivity contribution in [1.82, 2.24) is 0 Å². The molecule has 0 fully saturated rings. The minimum absolute atomic E-state index is 0.134. The molecule has 0 aromatic heterocycles. The quantitative estimate of drug-likeness (QED) is 0.919. The summed E-state index contributed by atoms with van der Waals surface area (Å²) in [6.07, 6.45) is -2.93. The van der Waals surface area contributed by atoms with Crippen molar-refractivity contribution in [2.45, 2.75) is 12.0 Å². The lowest BCUT2D eigenvalue weighted by molar-refractivity contribution is -0.0718. The van der Waals surface area contributed by atoms with E-state index in [4.69, 9.17) is 4.74 Å². The maximum atomic E-state index is 13.4. The van der Waals surface area contributed by atoms with Gasteiger partial charge in [-0.15, -0.1) is 0 Å². The van der Waals surface area contributed by atoms with Crippen LogP contribution in [-0.2, 0) is 5.60 Å². The van der Waals surface area contributed by atoms with Crippen molar-refractivity contribution in [3.63, 3.8) is 0 Å². The monoisotopic (exact) mass is 264 g/mol. The first-order chi connectivity index (χ1) is 9.09. The van der Waals surface area contributed by atoms with Gasteiger partial charge in [0.2, 0.25) is 0 Å². The third kappa shape index (κ3) is 2.44. The number of hydrogen-bond donors (Lipinski definition) is 1. The first kappa shape index (κ1) is 13.5. The molecule has 4 heteroatoms. The number of methoxy groups -OCH3 is 1. The lowest BCUT2D eigenvalue weighted by Gasteiger charge is -2.28. The van der Waals surface area contributed by atoms with Crippen molar-refractivity contribution in [2.75, 3.05) is 7.11 Å². The van der Waals surface area contributed by atoms with Crippen molar-refractivity contribution in [3.05, 3.63) is 65.7 Å². The molecular formula is C15H14F2O2. The van der Waals surface area contributed by atoms with Crippen molar-refractivity contribution in [3.8, 4) is 5.75 Å². The molecule has 1 unspecified atom stereocenters. The molecule has 1 atom stereocenters. The lowest BCUT2D eigenvalue weighted by atomic mass is 9.86. The van der Waals surface area contributed by atoms with Gasteiger partial charge in [0.25, 0.3) is 6.43 Å². The van der Waals surface area contributed by atoms with E-state index in [0.29, 0.717) is 5.75 Å². The molecule has 2 aromatic rings. The molecule has 0 radical (unpaired) electrons. The number of ether oxygens (including phenoxy) is 1. The van der Waals surface area contributed by atoms with Crippen LogP contribution < -0.4 is 4.74 Å². The number of benzene rings is 2. The van der Waals surface area contributed by atoms with Crippen LogP contribution in [0.3, 0.4) is 0 Å². The highest BCUT2D eigenvalue weighted by atomic mass is 19.3. The van der Waals surface area contributed by atoms with E-state index in [0.717, 1.165) is 0 Å². The highest BCUT2D eigenvalue weighted by Crippen LogP contribution is 2.36. The van der Waals surface area contributed by atoms with Gasteiger partial charge >= 0.3 is 0 Å². The van der Waals surface area contributed by atoms with Gasteiger partial charge in [-0.1, -0.05) is 42.5 Å². The van der Waals surface area contributed by atoms with Crippen LogP contribution in [0.15, 0.2) is 54.6 Å². The van der Waals surface area contributed by atoms with E-state index in [9.17, 15) is 13.9 Å². The Kier molecular flexibility index (Phi) is 3.81. The van der Waals surface area contributed by atoms with Crippen molar-refractivity contribution in [1.29, 1.82) is 0 Å². The van der Waals surface area contributed by atoms with E-state index in [1.165, 1.54) is 31.4 Å². The zero-order valence-electron chi connectivity index (χ0n) is 10.4. The van der Waals surface area contributed by atoms with Crippen LogP contribution in [0, 0.1) is 0 Å². The van der Waals surface area contributed by atoms with E-state index >= 15 is 0 Å². The minimum atomic E-state index is -2.93. The fourth-order valence-corrected chi connectivity index (χ4v) is 1.96. The van der Waals surface area contributed by atoms with Crippen LogP contribution in [0.1, 0.15) is 11.1 Å². The molecule has 1 N–H and O–H groups in total. The van der Waals surface area contributed by atoms with Crippen LogP contribution in [0.4, 0.5) is 8.78 Å². The molecular weight excluding hydrogens is 250 g/mol. The summed E-state index contributed by atoms with van der Waals surface area (Å²) in [6, 6.07) is 13.9. The zero-order chi connectivity index (χ0) is 13.9. The fraction of sp³-hybridized carbons (Fsp3) is 0.200. The molecule has 100 valence electrons. The Bertz CT molecular complexity index is 526. The van der Waals surface area contributed by atoms with Crippen LogP contribution in [0.5, 0.6) is 5.75 Å². The molecule has 0 bridgehead atoms. The summed E-state index contributed by atoms with van der Waals surface area (Å²) in [5.41, 5.74) is -2.02. The average Bonchev–Trinajstić information content (AvgIpc) is 2.47. The van der Waals surface area contributed by atoms with E-state index in [2.05, 4.69) is 0 Å². The van der Waals surface area contributed by atoms with Crippen LogP contribution in [0.2, 0.25) is 0 Å². The Labute approximate surface area is 110 Å². The number of hydrogen-bond acceptors (Lipinski definition) is 2. The predicted octanol–water partition coefficient (Wildman–Crippen LogP) is 3.20. The van der Waals surface area contributed by atoms with Gasteiger partial charge in [-0.25, -0.2) is 8.78 Å².